The maximum absolute atomic E-state index is 14.1. The Hall–Kier alpha value is -2.88. The number of ether oxygens (including phenoxy) is 1. The molecule has 5 rings (SSSR count). The van der Waals surface area contributed by atoms with E-state index in [2.05, 4.69) is 16.5 Å². The first-order valence-electron chi connectivity index (χ1n) is 13.1. The summed E-state index contributed by atoms with van der Waals surface area (Å²) in [6.07, 6.45) is -1.14. The molecule has 0 radical (unpaired) electrons. The van der Waals surface area contributed by atoms with Crippen LogP contribution in [-0.2, 0) is 15.7 Å². The summed E-state index contributed by atoms with van der Waals surface area (Å²) in [5, 5.41) is 19.8. The van der Waals surface area contributed by atoms with Crippen molar-refractivity contribution < 1.29 is 27.8 Å². The second-order valence-electron chi connectivity index (χ2n) is 10.5. The highest BCUT2D eigenvalue weighted by atomic mass is 19.4. The van der Waals surface area contributed by atoms with Gasteiger partial charge in [-0.25, -0.2) is 4.98 Å². The molecule has 2 atom stereocenters. The monoisotopic (exact) mass is 534 g/mol. The van der Waals surface area contributed by atoms with Crippen LogP contribution >= 0.6 is 0 Å². The van der Waals surface area contributed by atoms with E-state index < -0.39 is 23.0 Å². The molecule has 12 heteroatoms. The van der Waals surface area contributed by atoms with Gasteiger partial charge in [0.15, 0.2) is 5.69 Å². The number of aliphatic hydroxyl groups is 1. The summed E-state index contributed by atoms with van der Waals surface area (Å²) in [6.45, 7) is 8.32. The van der Waals surface area contributed by atoms with Crippen LogP contribution < -0.4 is 9.80 Å². The van der Waals surface area contributed by atoms with E-state index in [1.807, 2.05) is 0 Å². The Morgan fingerprint density at radius 1 is 1.21 bits per heavy atom. The molecule has 1 amide bonds. The van der Waals surface area contributed by atoms with Crippen LogP contribution in [0.2, 0.25) is 0 Å². The number of nitriles is 1. The first-order valence-corrected chi connectivity index (χ1v) is 13.1. The van der Waals surface area contributed by atoms with Crippen LogP contribution in [0, 0.1) is 17.2 Å². The number of nitrogens with zero attached hydrogens (tertiary/aromatic N) is 6. The normalized spacial score (nSPS) is 26.9. The number of hydrogen-bond acceptors (Lipinski definition) is 8. The molecule has 4 fully saturated rings. The van der Waals surface area contributed by atoms with E-state index in [0.717, 1.165) is 12.8 Å². The summed E-state index contributed by atoms with van der Waals surface area (Å²) >= 11 is 0. The molecule has 1 aromatic heterocycles. The molecule has 0 bridgehead atoms. The Morgan fingerprint density at radius 2 is 1.95 bits per heavy atom. The minimum absolute atomic E-state index is 0.103. The smallest absolute Gasteiger partial charge is 0.396 e. The van der Waals surface area contributed by atoms with Crippen LogP contribution in [0.15, 0.2) is 18.7 Å². The zero-order chi connectivity index (χ0) is 27.1. The van der Waals surface area contributed by atoms with Crippen molar-refractivity contribution in [2.24, 2.45) is 5.92 Å². The third kappa shape index (κ3) is 4.83. The SMILES string of the molecule is C=CC(=O)N1CCN(C2CN(c3cc(N4CCC5(CCCO5)[C@H](CO)C4)nc(C(F)(F)F)c3C#N)C2)CC1. The predicted octanol–water partition coefficient (Wildman–Crippen LogP) is 1.86. The molecule has 4 aliphatic rings. The zero-order valence-electron chi connectivity index (χ0n) is 21.3. The van der Waals surface area contributed by atoms with E-state index in [1.165, 1.54) is 6.08 Å². The Morgan fingerprint density at radius 3 is 2.53 bits per heavy atom. The van der Waals surface area contributed by atoms with E-state index in [0.29, 0.717) is 65.4 Å². The number of aromatic nitrogens is 1. The molecule has 0 aliphatic carbocycles. The predicted molar refractivity (Wildman–Crippen MR) is 134 cm³/mol. The molecule has 5 heterocycles. The summed E-state index contributed by atoms with van der Waals surface area (Å²) in [4.78, 5) is 23.3. The largest absolute Gasteiger partial charge is 0.434 e. The molecule has 206 valence electrons. The molecule has 0 aromatic carbocycles. The van der Waals surface area contributed by atoms with Crippen molar-refractivity contribution in [3.8, 4) is 6.07 Å². The van der Waals surface area contributed by atoms with Gasteiger partial charge in [-0.05, 0) is 25.3 Å². The maximum atomic E-state index is 14.1. The second-order valence-corrected chi connectivity index (χ2v) is 10.5. The maximum Gasteiger partial charge on any atom is 0.434 e. The molecule has 1 aromatic rings. The lowest BCUT2D eigenvalue weighted by atomic mass is 9.79. The van der Waals surface area contributed by atoms with Crippen LogP contribution in [0.1, 0.15) is 30.5 Å². The number of anilines is 2. The fourth-order valence-corrected chi connectivity index (χ4v) is 6.29. The van der Waals surface area contributed by atoms with Gasteiger partial charge in [0.1, 0.15) is 17.5 Å². The minimum atomic E-state index is -4.78. The summed E-state index contributed by atoms with van der Waals surface area (Å²) in [7, 11) is 0. The van der Waals surface area contributed by atoms with Crippen molar-refractivity contribution in [3.05, 3.63) is 30.0 Å². The fraction of sp³-hybridized carbons (Fsp3) is 0.654. The topological polar surface area (TPSA) is 96.2 Å². The lowest BCUT2D eigenvalue weighted by Crippen LogP contribution is -2.63. The van der Waals surface area contributed by atoms with Gasteiger partial charge in [0.25, 0.3) is 0 Å². The number of piperazine rings is 1. The molecule has 0 saturated carbocycles. The summed E-state index contributed by atoms with van der Waals surface area (Å²) in [6, 6.07) is 3.48. The van der Waals surface area contributed by atoms with Crippen molar-refractivity contribution in [3.63, 3.8) is 0 Å². The lowest BCUT2D eigenvalue weighted by Gasteiger charge is -2.49. The molecule has 4 aliphatic heterocycles. The highest BCUT2D eigenvalue weighted by Crippen LogP contribution is 2.43. The second kappa shape index (κ2) is 10.4. The zero-order valence-corrected chi connectivity index (χ0v) is 21.3. The average molecular weight is 535 g/mol. The highest BCUT2D eigenvalue weighted by molar-refractivity contribution is 5.87. The number of piperidine rings is 1. The Bertz CT molecular complexity index is 1100. The quantitative estimate of drug-likeness (QED) is 0.572. The number of carbonyl (C=O) groups is 1. The molecular weight excluding hydrogens is 501 g/mol. The summed E-state index contributed by atoms with van der Waals surface area (Å²) in [5.41, 5.74) is -1.84. The fourth-order valence-electron chi connectivity index (χ4n) is 6.29. The third-order valence-corrected chi connectivity index (χ3v) is 8.55. The number of halogens is 3. The van der Waals surface area contributed by atoms with Crippen molar-refractivity contribution in [1.82, 2.24) is 14.8 Å². The van der Waals surface area contributed by atoms with Crippen molar-refractivity contribution >= 4 is 17.4 Å². The number of aliphatic hydroxyl groups excluding tert-OH is 1. The number of amides is 1. The van der Waals surface area contributed by atoms with Crippen LogP contribution in [0.25, 0.3) is 0 Å². The molecular formula is C26H33F3N6O3. The number of carbonyl (C=O) groups excluding carboxylic acids is 1. The number of hydrogen-bond donors (Lipinski definition) is 1. The van der Waals surface area contributed by atoms with E-state index >= 15 is 0 Å². The first kappa shape index (κ1) is 26.7. The van der Waals surface area contributed by atoms with Gasteiger partial charge in [0, 0.05) is 77.0 Å². The van der Waals surface area contributed by atoms with E-state index in [4.69, 9.17) is 4.74 Å². The summed E-state index contributed by atoms with van der Waals surface area (Å²) < 4.78 is 48.2. The molecule has 9 nitrogen and oxygen atoms in total. The standard InChI is InChI=1S/C26H33F3N6O3/c1-2-23(37)33-9-7-32(8-10-33)19-15-35(16-19)21-12-22(31-24(20(21)13-30)26(27,28)29)34-6-5-25(4-3-11-38-25)18(14-34)17-36/h2,12,18-19,36H,1,3-11,14-17H2/t18-,25?/m0/s1. The van der Waals surface area contributed by atoms with Gasteiger partial charge in [-0.1, -0.05) is 6.58 Å². The van der Waals surface area contributed by atoms with E-state index in [9.17, 15) is 28.3 Å². The molecule has 38 heavy (non-hydrogen) atoms. The highest BCUT2D eigenvalue weighted by Gasteiger charge is 2.47. The lowest BCUT2D eigenvalue weighted by molar-refractivity contribution is -0.141. The molecule has 1 unspecified atom stereocenters. The third-order valence-electron chi connectivity index (χ3n) is 8.55. The van der Waals surface area contributed by atoms with Crippen molar-refractivity contribution in [1.29, 1.82) is 5.26 Å². The first-order chi connectivity index (χ1) is 18.2. The molecule has 1 spiro atoms. The number of pyridine rings is 1. The Labute approximate surface area is 220 Å². The van der Waals surface area contributed by atoms with Gasteiger partial charge >= 0.3 is 6.18 Å². The van der Waals surface area contributed by atoms with Gasteiger partial charge in [0.2, 0.25) is 5.91 Å². The van der Waals surface area contributed by atoms with Gasteiger partial charge in [-0.15, -0.1) is 0 Å². The summed E-state index contributed by atoms with van der Waals surface area (Å²) in [5.74, 6) is -0.166. The Balaban J connectivity index is 1.35. The minimum Gasteiger partial charge on any atom is -0.396 e. The van der Waals surface area contributed by atoms with Crippen LogP contribution in [0.5, 0.6) is 0 Å². The number of rotatable bonds is 5. The van der Waals surface area contributed by atoms with Crippen molar-refractivity contribution in [2.75, 3.05) is 75.4 Å². The molecule has 4 saturated heterocycles. The average Bonchev–Trinajstić information content (AvgIpc) is 3.36. The van der Waals surface area contributed by atoms with Gasteiger partial charge in [-0.3, -0.25) is 9.69 Å². The van der Waals surface area contributed by atoms with Crippen LogP contribution in [-0.4, -0.2) is 103 Å². The van der Waals surface area contributed by atoms with Crippen LogP contribution in [0.3, 0.4) is 0 Å². The number of alkyl halides is 3. The Kier molecular flexibility index (Phi) is 7.28. The van der Waals surface area contributed by atoms with Crippen LogP contribution in [0.4, 0.5) is 24.7 Å². The van der Waals surface area contributed by atoms with Crippen molar-refractivity contribution in [2.45, 2.75) is 37.1 Å². The van der Waals surface area contributed by atoms with Gasteiger partial charge in [0.05, 0.1) is 17.9 Å². The van der Waals surface area contributed by atoms with Gasteiger partial charge < -0.3 is 24.5 Å². The molecule has 1 N–H and O–H groups in total. The van der Waals surface area contributed by atoms with E-state index in [1.54, 1.807) is 26.8 Å². The van der Waals surface area contributed by atoms with E-state index in [-0.39, 0.29) is 36.0 Å². The van der Waals surface area contributed by atoms with Gasteiger partial charge in [-0.2, -0.15) is 18.4 Å².